The minimum Gasteiger partial charge on any atom is -0.322 e. The van der Waals surface area contributed by atoms with Gasteiger partial charge in [0.2, 0.25) is 0 Å². The zero-order valence-corrected chi connectivity index (χ0v) is 11.0. The molecule has 1 amide bonds. The maximum Gasteiger partial charge on any atom is 0.289 e. The molecule has 0 aromatic heterocycles. The van der Waals surface area contributed by atoms with E-state index in [1.54, 1.807) is 0 Å². The van der Waals surface area contributed by atoms with Gasteiger partial charge in [-0.25, -0.2) is 8.78 Å². The van der Waals surface area contributed by atoms with E-state index in [1.807, 2.05) is 0 Å². The molecule has 0 spiro atoms. The van der Waals surface area contributed by atoms with E-state index in [0.717, 1.165) is 18.2 Å². The molecule has 2 aromatic rings. The molecule has 0 saturated heterocycles. The molecular weight excluding hydrogens is 306 g/mol. The van der Waals surface area contributed by atoms with Gasteiger partial charge in [0.05, 0.1) is 4.92 Å². The molecule has 0 unspecified atom stereocenters. The molecule has 1 N–H and O–H groups in total. The van der Waals surface area contributed by atoms with Gasteiger partial charge in [0.25, 0.3) is 11.6 Å². The average Bonchev–Trinajstić information content (AvgIpc) is 2.39. The quantitative estimate of drug-likeness (QED) is 0.692. The third-order valence-electron chi connectivity index (χ3n) is 2.53. The number of carbonyl (C=O) groups is 1. The SMILES string of the molecule is O=C(Nc1ccc(Cl)c([N+](=O)[O-])c1)c1cc(F)cc(F)c1. The molecule has 0 heterocycles. The van der Waals surface area contributed by atoms with Crippen LogP contribution in [0.4, 0.5) is 20.2 Å². The van der Waals surface area contributed by atoms with E-state index >= 15 is 0 Å². The molecule has 0 saturated carbocycles. The Bertz CT molecular complexity index is 717. The molecule has 21 heavy (non-hydrogen) atoms. The van der Waals surface area contributed by atoms with Crippen molar-refractivity contribution in [3.8, 4) is 0 Å². The average molecular weight is 313 g/mol. The van der Waals surface area contributed by atoms with Crippen LogP contribution in [0, 0.1) is 21.7 Å². The van der Waals surface area contributed by atoms with E-state index < -0.39 is 22.5 Å². The summed E-state index contributed by atoms with van der Waals surface area (Å²) in [6.07, 6.45) is 0. The van der Waals surface area contributed by atoms with Crippen molar-refractivity contribution in [1.29, 1.82) is 0 Å². The number of carbonyl (C=O) groups excluding carboxylic acids is 1. The second-order valence-corrected chi connectivity index (χ2v) is 4.44. The summed E-state index contributed by atoms with van der Waals surface area (Å²) in [4.78, 5) is 21.9. The van der Waals surface area contributed by atoms with Crippen LogP contribution in [0.5, 0.6) is 0 Å². The Kier molecular flexibility index (Phi) is 4.13. The predicted molar refractivity (Wildman–Crippen MR) is 72.4 cm³/mol. The highest BCUT2D eigenvalue weighted by Gasteiger charge is 2.15. The number of rotatable bonds is 3. The number of hydrogen-bond acceptors (Lipinski definition) is 3. The van der Waals surface area contributed by atoms with Gasteiger partial charge < -0.3 is 5.32 Å². The normalized spacial score (nSPS) is 10.2. The Morgan fingerprint density at radius 2 is 1.76 bits per heavy atom. The Morgan fingerprint density at radius 3 is 2.33 bits per heavy atom. The monoisotopic (exact) mass is 312 g/mol. The number of amides is 1. The third-order valence-corrected chi connectivity index (χ3v) is 2.85. The molecule has 2 rings (SSSR count). The van der Waals surface area contributed by atoms with Crippen molar-refractivity contribution in [3.05, 3.63) is 68.7 Å². The first-order chi connectivity index (χ1) is 9.86. The van der Waals surface area contributed by atoms with Gasteiger partial charge in [-0.15, -0.1) is 0 Å². The number of nitro groups is 1. The highest BCUT2D eigenvalue weighted by atomic mass is 35.5. The van der Waals surface area contributed by atoms with Crippen LogP contribution in [0.15, 0.2) is 36.4 Å². The topological polar surface area (TPSA) is 72.2 Å². The molecule has 0 atom stereocenters. The Balaban J connectivity index is 2.27. The van der Waals surface area contributed by atoms with Crippen molar-refractivity contribution in [2.24, 2.45) is 0 Å². The summed E-state index contributed by atoms with van der Waals surface area (Å²) >= 11 is 5.63. The standard InChI is InChI=1S/C13H7ClF2N2O3/c14-11-2-1-10(6-12(11)18(20)21)17-13(19)7-3-8(15)5-9(16)4-7/h1-6H,(H,17,19). The minimum absolute atomic E-state index is 0.0840. The molecule has 0 aliphatic rings. The van der Waals surface area contributed by atoms with Crippen molar-refractivity contribution >= 4 is 28.9 Å². The molecule has 0 aliphatic carbocycles. The summed E-state index contributed by atoms with van der Waals surface area (Å²) in [6.45, 7) is 0. The summed E-state index contributed by atoms with van der Waals surface area (Å²) in [5.74, 6) is -2.60. The van der Waals surface area contributed by atoms with Crippen molar-refractivity contribution < 1.29 is 18.5 Å². The Morgan fingerprint density at radius 1 is 1.14 bits per heavy atom. The summed E-state index contributed by atoms with van der Waals surface area (Å²) in [5.41, 5.74) is -0.550. The van der Waals surface area contributed by atoms with E-state index in [9.17, 15) is 23.7 Å². The van der Waals surface area contributed by atoms with Gasteiger partial charge in [-0.05, 0) is 24.3 Å². The third kappa shape index (κ3) is 3.51. The molecule has 108 valence electrons. The lowest BCUT2D eigenvalue weighted by Crippen LogP contribution is -2.12. The fourth-order valence-corrected chi connectivity index (χ4v) is 1.81. The molecule has 0 aliphatic heterocycles. The Labute approximate surface area is 122 Å². The van der Waals surface area contributed by atoms with Crippen LogP contribution in [0.25, 0.3) is 0 Å². The lowest BCUT2D eigenvalue weighted by molar-refractivity contribution is -0.384. The summed E-state index contributed by atoms with van der Waals surface area (Å²) in [7, 11) is 0. The van der Waals surface area contributed by atoms with E-state index in [4.69, 9.17) is 11.6 Å². The molecular formula is C13H7ClF2N2O3. The van der Waals surface area contributed by atoms with Gasteiger partial charge in [-0.1, -0.05) is 11.6 Å². The van der Waals surface area contributed by atoms with Crippen molar-refractivity contribution in [2.75, 3.05) is 5.32 Å². The van der Waals surface area contributed by atoms with Crippen LogP contribution in [0.3, 0.4) is 0 Å². The second kappa shape index (κ2) is 5.84. The fraction of sp³-hybridized carbons (Fsp3) is 0. The number of anilines is 1. The largest absolute Gasteiger partial charge is 0.322 e. The van der Waals surface area contributed by atoms with Crippen LogP contribution < -0.4 is 5.32 Å². The second-order valence-electron chi connectivity index (χ2n) is 4.04. The van der Waals surface area contributed by atoms with Crippen molar-refractivity contribution in [2.45, 2.75) is 0 Å². The first-order valence-electron chi connectivity index (χ1n) is 5.58. The molecule has 0 fully saturated rings. The Hall–Kier alpha value is -2.54. The van der Waals surface area contributed by atoms with Crippen LogP contribution >= 0.6 is 11.6 Å². The molecule has 0 bridgehead atoms. The summed E-state index contributed by atoms with van der Waals surface area (Å²) < 4.78 is 26.0. The lowest BCUT2D eigenvalue weighted by Gasteiger charge is -2.06. The number of nitro benzene ring substituents is 1. The zero-order chi connectivity index (χ0) is 15.6. The van der Waals surface area contributed by atoms with Crippen LogP contribution in [-0.2, 0) is 0 Å². The summed E-state index contributed by atoms with van der Waals surface area (Å²) in [6, 6.07) is 5.95. The van der Waals surface area contributed by atoms with E-state index in [1.165, 1.54) is 12.1 Å². The maximum atomic E-state index is 13.0. The van der Waals surface area contributed by atoms with Crippen LogP contribution in [0.2, 0.25) is 5.02 Å². The number of halogens is 3. The van der Waals surface area contributed by atoms with E-state index in [-0.39, 0.29) is 22.0 Å². The van der Waals surface area contributed by atoms with Crippen LogP contribution in [0.1, 0.15) is 10.4 Å². The number of benzene rings is 2. The first kappa shape index (κ1) is 14.9. The highest BCUT2D eigenvalue weighted by Crippen LogP contribution is 2.27. The molecule has 0 radical (unpaired) electrons. The maximum absolute atomic E-state index is 13.0. The number of nitrogens with zero attached hydrogens (tertiary/aromatic N) is 1. The van der Waals surface area contributed by atoms with E-state index in [0.29, 0.717) is 6.07 Å². The summed E-state index contributed by atoms with van der Waals surface area (Å²) in [5, 5.41) is 12.9. The zero-order valence-electron chi connectivity index (χ0n) is 10.3. The number of hydrogen-bond donors (Lipinski definition) is 1. The smallest absolute Gasteiger partial charge is 0.289 e. The van der Waals surface area contributed by atoms with Gasteiger partial charge in [-0.3, -0.25) is 14.9 Å². The minimum atomic E-state index is -0.901. The molecule has 2 aromatic carbocycles. The van der Waals surface area contributed by atoms with Gasteiger partial charge in [-0.2, -0.15) is 0 Å². The highest BCUT2D eigenvalue weighted by molar-refractivity contribution is 6.32. The predicted octanol–water partition coefficient (Wildman–Crippen LogP) is 3.78. The number of nitrogens with one attached hydrogen (secondary N) is 1. The van der Waals surface area contributed by atoms with Crippen molar-refractivity contribution in [1.82, 2.24) is 0 Å². The fourth-order valence-electron chi connectivity index (χ4n) is 1.62. The molecule has 5 nitrogen and oxygen atoms in total. The van der Waals surface area contributed by atoms with Crippen LogP contribution in [-0.4, -0.2) is 10.8 Å². The lowest BCUT2D eigenvalue weighted by atomic mass is 10.2. The van der Waals surface area contributed by atoms with Gasteiger partial charge in [0, 0.05) is 23.4 Å². The van der Waals surface area contributed by atoms with Gasteiger partial charge in [0.15, 0.2) is 0 Å². The first-order valence-corrected chi connectivity index (χ1v) is 5.96. The van der Waals surface area contributed by atoms with Crippen molar-refractivity contribution in [3.63, 3.8) is 0 Å². The van der Waals surface area contributed by atoms with Gasteiger partial charge >= 0.3 is 0 Å². The van der Waals surface area contributed by atoms with E-state index in [2.05, 4.69) is 5.32 Å². The van der Waals surface area contributed by atoms with Gasteiger partial charge in [0.1, 0.15) is 16.7 Å². The molecule has 8 heteroatoms.